The highest BCUT2D eigenvalue weighted by atomic mass is 16.5. The average Bonchev–Trinajstić information content (AvgIpc) is 3.30. The van der Waals surface area contributed by atoms with Crippen LogP contribution in [-0.4, -0.2) is 32.5 Å². The quantitative estimate of drug-likeness (QED) is 0.771. The first kappa shape index (κ1) is 17.2. The highest BCUT2D eigenvalue weighted by molar-refractivity contribution is 5.94. The van der Waals surface area contributed by atoms with Gasteiger partial charge in [0.15, 0.2) is 0 Å². The Morgan fingerprint density at radius 3 is 2.70 bits per heavy atom. The van der Waals surface area contributed by atoms with Crippen molar-refractivity contribution in [3.63, 3.8) is 0 Å². The Hall–Kier alpha value is -3.22. The maximum atomic E-state index is 13.0. The standard InChI is InChI=1S/C20H20N4O3/c1-12-5-7-14(8-6-12)18-21-11-15(19(25)22-18)20(26)24-9-3-4-17(24)16-10-13(2)27-23-16/h5-8,10-11,17H,3-4,9H2,1-2H3,(H,21,22,25). The molecule has 4 rings (SSSR count). The van der Waals surface area contributed by atoms with Gasteiger partial charge < -0.3 is 14.4 Å². The van der Waals surface area contributed by atoms with Crippen LogP contribution < -0.4 is 5.56 Å². The van der Waals surface area contributed by atoms with Crippen molar-refractivity contribution < 1.29 is 9.32 Å². The lowest BCUT2D eigenvalue weighted by atomic mass is 10.1. The summed E-state index contributed by atoms with van der Waals surface area (Å²) in [5, 5.41) is 4.04. The Balaban J connectivity index is 1.62. The molecular weight excluding hydrogens is 344 g/mol. The van der Waals surface area contributed by atoms with E-state index in [9.17, 15) is 9.59 Å². The lowest BCUT2D eigenvalue weighted by Crippen LogP contribution is -2.34. The summed E-state index contributed by atoms with van der Waals surface area (Å²) in [6, 6.07) is 9.33. The van der Waals surface area contributed by atoms with Gasteiger partial charge in [0.05, 0.1) is 6.04 Å². The van der Waals surface area contributed by atoms with Crippen molar-refractivity contribution in [2.75, 3.05) is 6.54 Å². The molecule has 7 nitrogen and oxygen atoms in total. The molecule has 0 aliphatic carbocycles. The molecule has 1 N–H and O–H groups in total. The molecule has 1 amide bonds. The molecule has 1 atom stereocenters. The van der Waals surface area contributed by atoms with Gasteiger partial charge in [-0.1, -0.05) is 35.0 Å². The van der Waals surface area contributed by atoms with Gasteiger partial charge in [0.25, 0.3) is 11.5 Å². The summed E-state index contributed by atoms with van der Waals surface area (Å²) in [6.07, 6.45) is 3.01. The number of nitrogens with zero attached hydrogens (tertiary/aromatic N) is 3. The largest absolute Gasteiger partial charge is 0.361 e. The van der Waals surface area contributed by atoms with Gasteiger partial charge in [-0.2, -0.15) is 0 Å². The number of amides is 1. The summed E-state index contributed by atoms with van der Waals surface area (Å²) < 4.78 is 5.14. The molecule has 0 saturated carbocycles. The topological polar surface area (TPSA) is 92.1 Å². The predicted molar refractivity (Wildman–Crippen MR) is 99.3 cm³/mol. The zero-order chi connectivity index (χ0) is 19.0. The molecule has 1 aromatic carbocycles. The number of carbonyl (C=O) groups excluding carboxylic acids is 1. The molecule has 3 heterocycles. The molecule has 0 bridgehead atoms. The molecule has 27 heavy (non-hydrogen) atoms. The van der Waals surface area contributed by atoms with Crippen molar-refractivity contribution in [2.24, 2.45) is 0 Å². The lowest BCUT2D eigenvalue weighted by Gasteiger charge is -2.22. The van der Waals surface area contributed by atoms with E-state index in [2.05, 4.69) is 15.1 Å². The normalized spacial score (nSPS) is 16.7. The van der Waals surface area contributed by atoms with Crippen LogP contribution in [0.25, 0.3) is 11.4 Å². The Bertz CT molecular complexity index is 1040. The van der Waals surface area contributed by atoms with E-state index >= 15 is 0 Å². The summed E-state index contributed by atoms with van der Waals surface area (Å²) in [5.74, 6) is 0.815. The number of hydrogen-bond donors (Lipinski definition) is 1. The fourth-order valence-corrected chi connectivity index (χ4v) is 3.42. The molecule has 1 saturated heterocycles. The van der Waals surface area contributed by atoms with E-state index in [0.29, 0.717) is 18.1 Å². The van der Waals surface area contributed by atoms with Crippen molar-refractivity contribution >= 4 is 5.91 Å². The molecular formula is C20H20N4O3. The van der Waals surface area contributed by atoms with Crippen LogP contribution in [-0.2, 0) is 0 Å². The fourth-order valence-electron chi connectivity index (χ4n) is 3.42. The maximum Gasteiger partial charge on any atom is 0.264 e. The van der Waals surface area contributed by atoms with E-state index < -0.39 is 5.56 Å². The van der Waals surface area contributed by atoms with Crippen molar-refractivity contribution in [3.05, 3.63) is 69.5 Å². The maximum absolute atomic E-state index is 13.0. The zero-order valence-electron chi connectivity index (χ0n) is 15.2. The van der Waals surface area contributed by atoms with Gasteiger partial charge in [-0.05, 0) is 26.7 Å². The predicted octanol–water partition coefficient (Wildman–Crippen LogP) is 3.02. The number of H-pyrrole nitrogens is 1. The Labute approximate surface area is 156 Å². The van der Waals surface area contributed by atoms with Crippen molar-refractivity contribution in [2.45, 2.75) is 32.7 Å². The van der Waals surface area contributed by atoms with Gasteiger partial charge >= 0.3 is 0 Å². The van der Waals surface area contributed by atoms with E-state index in [1.165, 1.54) is 6.20 Å². The van der Waals surface area contributed by atoms with Crippen LogP contribution in [0.1, 0.15) is 46.3 Å². The minimum Gasteiger partial charge on any atom is -0.361 e. The number of hydrogen-bond acceptors (Lipinski definition) is 5. The summed E-state index contributed by atoms with van der Waals surface area (Å²) in [4.78, 5) is 34.2. The van der Waals surface area contributed by atoms with E-state index in [0.717, 1.165) is 29.7 Å². The summed E-state index contributed by atoms with van der Waals surface area (Å²) >= 11 is 0. The number of aryl methyl sites for hydroxylation is 2. The van der Waals surface area contributed by atoms with E-state index in [1.807, 2.05) is 44.2 Å². The smallest absolute Gasteiger partial charge is 0.264 e. The second-order valence-corrected chi connectivity index (χ2v) is 6.86. The van der Waals surface area contributed by atoms with Crippen LogP contribution >= 0.6 is 0 Å². The molecule has 1 aliphatic rings. The lowest BCUT2D eigenvalue weighted by molar-refractivity contribution is 0.0728. The number of nitrogens with one attached hydrogen (secondary N) is 1. The molecule has 7 heteroatoms. The molecule has 1 unspecified atom stereocenters. The van der Waals surface area contributed by atoms with Crippen LogP contribution in [0.3, 0.4) is 0 Å². The minimum absolute atomic E-state index is 0.0398. The Kier molecular flexibility index (Phi) is 4.35. The van der Waals surface area contributed by atoms with Crippen LogP contribution in [0.4, 0.5) is 0 Å². The number of benzene rings is 1. The second-order valence-electron chi connectivity index (χ2n) is 6.86. The van der Waals surface area contributed by atoms with Crippen molar-refractivity contribution in [1.29, 1.82) is 0 Å². The van der Waals surface area contributed by atoms with E-state index in [1.54, 1.807) is 4.90 Å². The molecule has 0 spiro atoms. The SMILES string of the molecule is Cc1ccc(-c2ncc(C(=O)N3CCCC3c3cc(C)on3)c(=O)[nH]2)cc1. The van der Waals surface area contributed by atoms with Crippen molar-refractivity contribution in [1.82, 2.24) is 20.0 Å². The summed E-state index contributed by atoms with van der Waals surface area (Å²) in [5.41, 5.74) is 2.24. The van der Waals surface area contributed by atoms with Gasteiger partial charge in [-0.3, -0.25) is 9.59 Å². The molecule has 1 fully saturated rings. The van der Waals surface area contributed by atoms with E-state index in [4.69, 9.17) is 4.52 Å². The van der Waals surface area contributed by atoms with Gasteiger partial charge in [-0.25, -0.2) is 4.98 Å². The minimum atomic E-state index is -0.437. The van der Waals surface area contributed by atoms with Crippen LogP contribution in [0.2, 0.25) is 0 Å². The summed E-state index contributed by atoms with van der Waals surface area (Å²) in [6.45, 7) is 4.38. The molecule has 3 aromatic rings. The highest BCUT2D eigenvalue weighted by Gasteiger charge is 2.33. The average molecular weight is 364 g/mol. The molecule has 138 valence electrons. The van der Waals surface area contributed by atoms with Crippen LogP contribution in [0.5, 0.6) is 0 Å². The van der Waals surface area contributed by atoms with Gasteiger partial charge in [0.1, 0.15) is 22.8 Å². The molecule has 2 aromatic heterocycles. The third-order valence-electron chi connectivity index (χ3n) is 4.86. The first-order chi connectivity index (χ1) is 13.0. The Morgan fingerprint density at radius 1 is 1.26 bits per heavy atom. The third-order valence-corrected chi connectivity index (χ3v) is 4.86. The number of carbonyl (C=O) groups is 1. The fraction of sp³-hybridized carbons (Fsp3) is 0.300. The highest BCUT2D eigenvalue weighted by Crippen LogP contribution is 2.32. The van der Waals surface area contributed by atoms with Gasteiger partial charge in [0.2, 0.25) is 0 Å². The zero-order valence-corrected chi connectivity index (χ0v) is 15.2. The number of aromatic amines is 1. The van der Waals surface area contributed by atoms with E-state index in [-0.39, 0.29) is 17.5 Å². The molecule has 1 aliphatic heterocycles. The van der Waals surface area contributed by atoms with Crippen LogP contribution in [0, 0.1) is 13.8 Å². The second kappa shape index (κ2) is 6.83. The number of rotatable bonds is 3. The van der Waals surface area contributed by atoms with Gasteiger partial charge in [0, 0.05) is 24.4 Å². The molecule has 0 radical (unpaired) electrons. The monoisotopic (exact) mass is 364 g/mol. The first-order valence-electron chi connectivity index (χ1n) is 8.93. The first-order valence-corrected chi connectivity index (χ1v) is 8.93. The van der Waals surface area contributed by atoms with Crippen LogP contribution in [0.15, 0.2) is 45.8 Å². The summed E-state index contributed by atoms with van der Waals surface area (Å²) in [7, 11) is 0. The number of aromatic nitrogens is 3. The third kappa shape index (κ3) is 3.28. The van der Waals surface area contributed by atoms with Gasteiger partial charge in [-0.15, -0.1) is 0 Å². The van der Waals surface area contributed by atoms with Crippen molar-refractivity contribution in [3.8, 4) is 11.4 Å². The Morgan fingerprint density at radius 2 is 2.04 bits per heavy atom. The number of likely N-dealkylation sites (tertiary alicyclic amines) is 1.